The van der Waals surface area contributed by atoms with Crippen LogP contribution < -0.4 is 5.32 Å². The SMILES string of the molecule is Cn1cc(C#N)cc1C(=O)NCc1[nH]nc2ncccc12. The third kappa shape index (κ3) is 2.34. The van der Waals surface area contributed by atoms with E-state index in [0.29, 0.717) is 23.4 Å². The van der Waals surface area contributed by atoms with Crippen LogP contribution in [0.1, 0.15) is 21.7 Å². The highest BCUT2D eigenvalue weighted by Gasteiger charge is 2.13. The van der Waals surface area contributed by atoms with Gasteiger partial charge >= 0.3 is 0 Å². The van der Waals surface area contributed by atoms with Gasteiger partial charge in [0.2, 0.25) is 0 Å². The molecule has 0 radical (unpaired) electrons. The first-order chi connectivity index (χ1) is 10.2. The van der Waals surface area contributed by atoms with Crippen LogP contribution >= 0.6 is 0 Å². The molecule has 0 unspecified atom stereocenters. The second-order valence-corrected chi connectivity index (χ2v) is 4.60. The van der Waals surface area contributed by atoms with Gasteiger partial charge in [-0.3, -0.25) is 9.89 Å². The van der Waals surface area contributed by atoms with Gasteiger partial charge in [0.1, 0.15) is 11.8 Å². The van der Waals surface area contributed by atoms with Crippen molar-refractivity contribution in [1.29, 1.82) is 5.26 Å². The Balaban J connectivity index is 1.77. The van der Waals surface area contributed by atoms with Gasteiger partial charge in [0, 0.05) is 24.8 Å². The van der Waals surface area contributed by atoms with Crippen molar-refractivity contribution >= 4 is 16.9 Å². The Kier molecular flexibility index (Phi) is 3.12. The Morgan fingerprint density at radius 1 is 1.57 bits per heavy atom. The van der Waals surface area contributed by atoms with Gasteiger partial charge in [-0.2, -0.15) is 10.4 Å². The number of fused-ring (bicyclic) bond motifs is 1. The van der Waals surface area contributed by atoms with Crippen molar-refractivity contribution in [1.82, 2.24) is 25.1 Å². The fourth-order valence-corrected chi connectivity index (χ4v) is 2.15. The summed E-state index contributed by atoms with van der Waals surface area (Å²) in [6, 6.07) is 7.28. The Morgan fingerprint density at radius 2 is 2.43 bits per heavy atom. The lowest BCUT2D eigenvalue weighted by Gasteiger charge is -2.04. The average Bonchev–Trinajstić information content (AvgIpc) is 3.08. The van der Waals surface area contributed by atoms with Crippen molar-refractivity contribution in [3.63, 3.8) is 0 Å². The number of hydrogen-bond donors (Lipinski definition) is 2. The fourth-order valence-electron chi connectivity index (χ4n) is 2.15. The minimum absolute atomic E-state index is 0.245. The number of aryl methyl sites for hydroxylation is 1. The number of aromatic nitrogens is 4. The molecule has 0 atom stereocenters. The second-order valence-electron chi connectivity index (χ2n) is 4.60. The molecule has 3 rings (SSSR count). The number of nitrogens with one attached hydrogen (secondary N) is 2. The Hall–Kier alpha value is -3.14. The number of nitriles is 1. The van der Waals surface area contributed by atoms with Crippen molar-refractivity contribution in [2.75, 3.05) is 0 Å². The standard InChI is InChI=1S/C14H12N6O/c1-20-8-9(6-15)5-12(20)14(21)17-7-11-10-3-2-4-16-13(10)19-18-11/h2-5,8H,7H2,1H3,(H,17,21)(H,16,18,19). The second kappa shape index (κ2) is 5.09. The number of carbonyl (C=O) groups excluding carboxylic acids is 1. The maximum Gasteiger partial charge on any atom is 0.268 e. The molecule has 0 aliphatic heterocycles. The molecule has 0 aromatic carbocycles. The van der Waals surface area contributed by atoms with Crippen LogP contribution in [0.25, 0.3) is 11.0 Å². The average molecular weight is 280 g/mol. The van der Waals surface area contributed by atoms with Gasteiger partial charge in [-0.15, -0.1) is 0 Å². The first kappa shape index (κ1) is 12.9. The third-order valence-corrected chi connectivity index (χ3v) is 3.20. The predicted molar refractivity (Wildman–Crippen MR) is 75.2 cm³/mol. The molecule has 0 fully saturated rings. The lowest BCUT2D eigenvalue weighted by Crippen LogP contribution is -2.25. The maximum absolute atomic E-state index is 12.1. The van der Waals surface area contributed by atoms with Crippen molar-refractivity contribution in [2.24, 2.45) is 7.05 Å². The van der Waals surface area contributed by atoms with E-state index in [4.69, 9.17) is 5.26 Å². The van der Waals surface area contributed by atoms with E-state index in [1.807, 2.05) is 18.2 Å². The van der Waals surface area contributed by atoms with E-state index >= 15 is 0 Å². The van der Waals surface area contributed by atoms with Gasteiger partial charge in [0.15, 0.2) is 5.65 Å². The molecule has 104 valence electrons. The zero-order chi connectivity index (χ0) is 14.8. The first-order valence-electron chi connectivity index (χ1n) is 6.31. The largest absolute Gasteiger partial charge is 0.345 e. The summed E-state index contributed by atoms with van der Waals surface area (Å²) in [5.41, 5.74) is 2.31. The number of pyridine rings is 1. The maximum atomic E-state index is 12.1. The number of aromatic amines is 1. The molecule has 1 amide bonds. The van der Waals surface area contributed by atoms with E-state index in [2.05, 4.69) is 20.5 Å². The van der Waals surface area contributed by atoms with Crippen LogP contribution in [0, 0.1) is 11.3 Å². The van der Waals surface area contributed by atoms with E-state index < -0.39 is 0 Å². The highest BCUT2D eigenvalue weighted by Crippen LogP contribution is 2.13. The van der Waals surface area contributed by atoms with Crippen molar-refractivity contribution in [3.05, 3.63) is 47.5 Å². The molecule has 7 heteroatoms. The lowest BCUT2D eigenvalue weighted by atomic mass is 10.2. The van der Waals surface area contributed by atoms with Crippen LogP contribution in [-0.4, -0.2) is 25.7 Å². The smallest absolute Gasteiger partial charge is 0.268 e. The zero-order valence-corrected chi connectivity index (χ0v) is 11.3. The number of rotatable bonds is 3. The molecule has 21 heavy (non-hydrogen) atoms. The van der Waals surface area contributed by atoms with Gasteiger partial charge < -0.3 is 9.88 Å². The normalized spacial score (nSPS) is 10.5. The third-order valence-electron chi connectivity index (χ3n) is 3.20. The summed E-state index contributed by atoms with van der Waals surface area (Å²) in [7, 11) is 1.73. The highest BCUT2D eigenvalue weighted by molar-refractivity contribution is 5.93. The molecule has 0 aliphatic carbocycles. The topological polar surface area (TPSA) is 99.4 Å². The summed E-state index contributed by atoms with van der Waals surface area (Å²) < 4.78 is 1.63. The van der Waals surface area contributed by atoms with Crippen LogP contribution in [0.4, 0.5) is 0 Å². The Morgan fingerprint density at radius 3 is 3.19 bits per heavy atom. The van der Waals surface area contributed by atoms with E-state index in [9.17, 15) is 4.79 Å². The molecule has 3 aromatic rings. The molecular formula is C14H12N6O. The number of hydrogen-bond acceptors (Lipinski definition) is 4. The minimum Gasteiger partial charge on any atom is -0.345 e. The fraction of sp³-hybridized carbons (Fsp3) is 0.143. The van der Waals surface area contributed by atoms with Crippen molar-refractivity contribution < 1.29 is 4.79 Å². The van der Waals surface area contributed by atoms with Crippen LogP contribution in [0.15, 0.2) is 30.6 Å². The molecule has 0 saturated carbocycles. The summed E-state index contributed by atoms with van der Waals surface area (Å²) in [4.78, 5) is 16.3. The summed E-state index contributed by atoms with van der Waals surface area (Å²) in [5.74, 6) is -0.245. The number of nitrogens with zero attached hydrogens (tertiary/aromatic N) is 4. The van der Waals surface area contributed by atoms with E-state index in [1.54, 1.807) is 30.1 Å². The van der Waals surface area contributed by atoms with Crippen molar-refractivity contribution in [2.45, 2.75) is 6.54 Å². The zero-order valence-electron chi connectivity index (χ0n) is 11.3. The van der Waals surface area contributed by atoms with Crippen LogP contribution in [0.3, 0.4) is 0 Å². The molecule has 0 aliphatic rings. The van der Waals surface area contributed by atoms with E-state index in [1.165, 1.54) is 0 Å². The molecular weight excluding hydrogens is 268 g/mol. The van der Waals surface area contributed by atoms with Crippen LogP contribution in [0.5, 0.6) is 0 Å². The molecule has 0 bridgehead atoms. The van der Waals surface area contributed by atoms with Gasteiger partial charge in [-0.05, 0) is 18.2 Å². The minimum atomic E-state index is -0.245. The molecule has 0 spiro atoms. The van der Waals surface area contributed by atoms with Gasteiger partial charge in [0.25, 0.3) is 5.91 Å². The quantitative estimate of drug-likeness (QED) is 0.750. The summed E-state index contributed by atoms with van der Waals surface area (Å²) in [6.07, 6.45) is 3.28. The number of carbonyl (C=O) groups is 1. The summed E-state index contributed by atoms with van der Waals surface area (Å²) in [5, 5.41) is 19.5. The van der Waals surface area contributed by atoms with E-state index in [-0.39, 0.29) is 5.91 Å². The van der Waals surface area contributed by atoms with Crippen molar-refractivity contribution in [3.8, 4) is 6.07 Å². The Bertz CT molecular complexity index is 854. The molecule has 0 saturated heterocycles. The number of H-pyrrole nitrogens is 1. The van der Waals surface area contributed by atoms with E-state index in [0.717, 1.165) is 11.1 Å². The first-order valence-corrected chi connectivity index (χ1v) is 6.31. The molecule has 3 heterocycles. The van der Waals surface area contributed by atoms with Gasteiger partial charge in [-0.1, -0.05) is 0 Å². The molecule has 2 N–H and O–H groups in total. The summed E-state index contributed by atoms with van der Waals surface area (Å²) >= 11 is 0. The molecule has 7 nitrogen and oxygen atoms in total. The van der Waals surface area contributed by atoms with Crippen LogP contribution in [0.2, 0.25) is 0 Å². The highest BCUT2D eigenvalue weighted by atomic mass is 16.1. The predicted octanol–water partition coefficient (Wildman–Crippen LogP) is 1.10. The molecule has 3 aromatic heterocycles. The van der Waals surface area contributed by atoms with Gasteiger partial charge in [0.05, 0.1) is 17.8 Å². The van der Waals surface area contributed by atoms with Crippen LogP contribution in [-0.2, 0) is 13.6 Å². The van der Waals surface area contributed by atoms with Gasteiger partial charge in [-0.25, -0.2) is 4.98 Å². The summed E-state index contributed by atoms with van der Waals surface area (Å²) in [6.45, 7) is 0.314. The Labute approximate surface area is 120 Å². The lowest BCUT2D eigenvalue weighted by molar-refractivity contribution is 0.0942. The monoisotopic (exact) mass is 280 g/mol. The number of amides is 1.